The Bertz CT molecular complexity index is 407. The third-order valence-corrected chi connectivity index (χ3v) is 5.47. The Morgan fingerprint density at radius 3 is 2.63 bits per heavy atom. The molecule has 0 amide bonds. The van der Waals surface area contributed by atoms with Gasteiger partial charge in [-0.15, -0.1) is 0 Å². The van der Waals surface area contributed by atoms with E-state index in [4.69, 9.17) is 9.47 Å². The zero-order chi connectivity index (χ0) is 14.1. The van der Waals surface area contributed by atoms with Gasteiger partial charge in [0.05, 0.1) is 18.0 Å². The highest BCUT2D eigenvalue weighted by atomic mass is 32.2. The maximum absolute atomic E-state index is 12.1. The third-order valence-electron chi connectivity index (χ3n) is 3.53. The molecule has 0 aromatic carbocycles. The van der Waals surface area contributed by atoms with Gasteiger partial charge < -0.3 is 9.47 Å². The highest BCUT2D eigenvalue weighted by molar-refractivity contribution is 7.89. The van der Waals surface area contributed by atoms with E-state index in [0.29, 0.717) is 19.8 Å². The molecule has 2 fully saturated rings. The van der Waals surface area contributed by atoms with Crippen molar-refractivity contribution in [3.63, 3.8) is 0 Å². The molecule has 1 spiro atoms. The molecular formula is C13H25NO4S. The van der Waals surface area contributed by atoms with E-state index in [2.05, 4.69) is 4.72 Å². The molecule has 0 saturated carbocycles. The second-order valence-electron chi connectivity index (χ2n) is 6.96. The molecule has 1 N–H and O–H groups in total. The second-order valence-corrected chi connectivity index (χ2v) is 8.72. The summed E-state index contributed by atoms with van der Waals surface area (Å²) in [6, 6.07) is -0.0252. The fraction of sp³-hybridized carbons (Fsp3) is 1.00. The fourth-order valence-electron chi connectivity index (χ4n) is 2.86. The van der Waals surface area contributed by atoms with Gasteiger partial charge in [-0.3, -0.25) is 0 Å². The zero-order valence-electron chi connectivity index (χ0n) is 12.1. The molecular weight excluding hydrogens is 266 g/mol. The summed E-state index contributed by atoms with van der Waals surface area (Å²) in [5.74, 6) is 0.154. The predicted octanol–water partition coefficient (Wildman–Crippen LogP) is 1.29. The first-order valence-electron chi connectivity index (χ1n) is 6.92. The molecule has 2 aliphatic rings. The van der Waals surface area contributed by atoms with Gasteiger partial charge in [0.25, 0.3) is 0 Å². The average Bonchev–Trinajstić information content (AvgIpc) is 2.61. The van der Waals surface area contributed by atoms with Crippen LogP contribution in [0, 0.1) is 5.41 Å². The SMILES string of the molecule is CC(C)(C)CS(=O)(=O)NC1CCOC2(CCOC2)C1. The normalized spacial score (nSPS) is 32.9. The summed E-state index contributed by atoms with van der Waals surface area (Å²) in [5.41, 5.74) is -0.488. The van der Waals surface area contributed by atoms with E-state index in [1.54, 1.807) is 0 Å². The summed E-state index contributed by atoms with van der Waals surface area (Å²) >= 11 is 0. The number of sulfonamides is 1. The first-order chi connectivity index (χ1) is 8.70. The third kappa shape index (κ3) is 4.41. The summed E-state index contributed by atoms with van der Waals surface area (Å²) in [5, 5.41) is 0. The minimum atomic E-state index is -3.23. The maximum atomic E-state index is 12.1. The Morgan fingerprint density at radius 2 is 2.05 bits per heavy atom. The van der Waals surface area contributed by atoms with E-state index in [1.165, 1.54) is 0 Å². The molecule has 19 heavy (non-hydrogen) atoms. The van der Waals surface area contributed by atoms with Gasteiger partial charge in [-0.05, 0) is 18.3 Å². The molecule has 2 rings (SSSR count). The number of rotatable bonds is 3. The van der Waals surface area contributed by atoms with Crippen LogP contribution in [0.5, 0.6) is 0 Å². The van der Waals surface area contributed by atoms with Crippen LogP contribution >= 0.6 is 0 Å². The van der Waals surface area contributed by atoms with Crippen molar-refractivity contribution in [2.24, 2.45) is 5.41 Å². The van der Waals surface area contributed by atoms with Crippen molar-refractivity contribution in [1.82, 2.24) is 4.72 Å². The summed E-state index contributed by atoms with van der Waals surface area (Å²) < 4.78 is 38.3. The van der Waals surface area contributed by atoms with Crippen LogP contribution in [-0.4, -0.2) is 45.6 Å². The Morgan fingerprint density at radius 1 is 1.32 bits per heavy atom. The highest BCUT2D eigenvalue weighted by Crippen LogP contribution is 2.33. The number of nitrogens with one attached hydrogen (secondary N) is 1. The van der Waals surface area contributed by atoms with Crippen molar-refractivity contribution in [1.29, 1.82) is 0 Å². The molecule has 2 aliphatic heterocycles. The van der Waals surface area contributed by atoms with Gasteiger partial charge in [-0.2, -0.15) is 0 Å². The molecule has 2 saturated heterocycles. The number of ether oxygens (including phenoxy) is 2. The zero-order valence-corrected chi connectivity index (χ0v) is 12.9. The molecule has 0 aromatic heterocycles. The van der Waals surface area contributed by atoms with Gasteiger partial charge in [-0.25, -0.2) is 13.1 Å². The molecule has 112 valence electrons. The number of hydrogen-bond donors (Lipinski definition) is 1. The van der Waals surface area contributed by atoms with E-state index in [0.717, 1.165) is 19.3 Å². The standard InChI is InChI=1S/C13H25NO4S/c1-12(2,3)10-19(15,16)14-11-4-6-18-13(8-11)5-7-17-9-13/h11,14H,4-10H2,1-3H3. The topological polar surface area (TPSA) is 64.6 Å². The molecule has 5 nitrogen and oxygen atoms in total. The van der Waals surface area contributed by atoms with Crippen LogP contribution in [0.15, 0.2) is 0 Å². The van der Waals surface area contributed by atoms with Crippen LogP contribution in [0.25, 0.3) is 0 Å². The van der Waals surface area contributed by atoms with Gasteiger partial charge in [0.1, 0.15) is 0 Å². The van der Waals surface area contributed by atoms with Crippen LogP contribution in [0.3, 0.4) is 0 Å². The summed E-state index contributed by atoms with van der Waals surface area (Å²) in [6.45, 7) is 7.70. The van der Waals surface area contributed by atoms with E-state index in [-0.39, 0.29) is 22.8 Å². The summed E-state index contributed by atoms with van der Waals surface area (Å²) in [7, 11) is -3.23. The first-order valence-corrected chi connectivity index (χ1v) is 8.57. The van der Waals surface area contributed by atoms with Crippen LogP contribution in [0.1, 0.15) is 40.0 Å². The van der Waals surface area contributed by atoms with Crippen molar-refractivity contribution in [2.75, 3.05) is 25.6 Å². The maximum Gasteiger partial charge on any atom is 0.212 e. The van der Waals surface area contributed by atoms with Gasteiger partial charge in [0.15, 0.2) is 0 Å². The number of hydrogen-bond acceptors (Lipinski definition) is 4. The van der Waals surface area contributed by atoms with Crippen molar-refractivity contribution >= 4 is 10.0 Å². The van der Waals surface area contributed by atoms with E-state index in [1.807, 2.05) is 20.8 Å². The van der Waals surface area contributed by atoms with Gasteiger partial charge in [0, 0.05) is 25.7 Å². The molecule has 0 bridgehead atoms. The molecule has 0 aromatic rings. The second kappa shape index (κ2) is 5.31. The lowest BCUT2D eigenvalue weighted by atomic mass is 9.90. The molecule has 2 heterocycles. The quantitative estimate of drug-likeness (QED) is 0.851. The lowest BCUT2D eigenvalue weighted by Gasteiger charge is -2.37. The molecule has 0 aliphatic carbocycles. The average molecular weight is 291 g/mol. The van der Waals surface area contributed by atoms with Crippen LogP contribution in [0.2, 0.25) is 0 Å². The van der Waals surface area contributed by atoms with Gasteiger partial charge in [-0.1, -0.05) is 20.8 Å². The van der Waals surface area contributed by atoms with Crippen molar-refractivity contribution in [3.05, 3.63) is 0 Å². The lowest BCUT2D eigenvalue weighted by Crippen LogP contribution is -2.50. The van der Waals surface area contributed by atoms with Crippen LogP contribution in [-0.2, 0) is 19.5 Å². The minimum absolute atomic E-state index is 0.0252. The molecule has 0 radical (unpaired) electrons. The van der Waals surface area contributed by atoms with E-state index in [9.17, 15) is 8.42 Å². The largest absolute Gasteiger partial charge is 0.378 e. The van der Waals surface area contributed by atoms with E-state index < -0.39 is 10.0 Å². The van der Waals surface area contributed by atoms with Crippen LogP contribution < -0.4 is 4.72 Å². The van der Waals surface area contributed by atoms with Crippen molar-refractivity contribution in [3.8, 4) is 0 Å². The monoisotopic (exact) mass is 291 g/mol. The lowest BCUT2D eigenvalue weighted by molar-refractivity contribution is -0.0868. The Kier molecular flexibility index (Phi) is 4.26. The first kappa shape index (κ1) is 15.2. The fourth-order valence-corrected chi connectivity index (χ4v) is 4.79. The van der Waals surface area contributed by atoms with Gasteiger partial charge >= 0.3 is 0 Å². The van der Waals surface area contributed by atoms with Crippen molar-refractivity contribution < 1.29 is 17.9 Å². The molecule has 2 atom stereocenters. The summed E-state index contributed by atoms with van der Waals surface area (Å²) in [6.07, 6.45) is 2.33. The van der Waals surface area contributed by atoms with Crippen molar-refractivity contribution in [2.45, 2.75) is 51.7 Å². The van der Waals surface area contributed by atoms with Crippen LogP contribution in [0.4, 0.5) is 0 Å². The smallest absolute Gasteiger partial charge is 0.212 e. The Labute approximate surface area is 116 Å². The summed E-state index contributed by atoms with van der Waals surface area (Å²) in [4.78, 5) is 0. The highest BCUT2D eigenvalue weighted by Gasteiger charge is 2.42. The van der Waals surface area contributed by atoms with E-state index >= 15 is 0 Å². The van der Waals surface area contributed by atoms with Gasteiger partial charge in [0.2, 0.25) is 10.0 Å². The molecule has 2 unspecified atom stereocenters. The Hall–Kier alpha value is -0.170. The predicted molar refractivity (Wildman–Crippen MR) is 73.5 cm³/mol. The minimum Gasteiger partial charge on any atom is -0.378 e. The molecule has 6 heteroatoms. The Balaban J connectivity index is 1.95.